The van der Waals surface area contributed by atoms with Crippen LogP contribution in [0.4, 0.5) is 0 Å². The van der Waals surface area contributed by atoms with Gasteiger partial charge in [0.2, 0.25) is 0 Å². The van der Waals surface area contributed by atoms with Crippen LogP contribution in [-0.4, -0.2) is 34.9 Å². The lowest BCUT2D eigenvalue weighted by Gasteiger charge is -2.28. The van der Waals surface area contributed by atoms with E-state index in [-0.39, 0.29) is 12.5 Å². The summed E-state index contributed by atoms with van der Waals surface area (Å²) in [6.45, 7) is 4.82. The number of amides is 1. The molecule has 0 unspecified atom stereocenters. The minimum atomic E-state index is -0.483. The lowest BCUT2D eigenvalue weighted by atomic mass is 10.00. The molecule has 0 radical (unpaired) electrons. The first kappa shape index (κ1) is 19.1. The monoisotopic (exact) mass is 388 g/mol. The van der Waals surface area contributed by atoms with Crippen molar-refractivity contribution in [2.24, 2.45) is 0 Å². The third-order valence-corrected chi connectivity index (χ3v) is 5.58. The van der Waals surface area contributed by atoms with E-state index in [4.69, 9.17) is 4.74 Å². The number of esters is 1. The highest BCUT2D eigenvalue weighted by atomic mass is 16.5. The molecule has 1 aromatic heterocycles. The molecule has 1 amide bonds. The summed E-state index contributed by atoms with van der Waals surface area (Å²) in [4.78, 5) is 31.8. The van der Waals surface area contributed by atoms with E-state index in [1.54, 1.807) is 4.90 Å². The Morgan fingerprint density at radius 2 is 1.79 bits per heavy atom. The molecule has 0 saturated heterocycles. The van der Waals surface area contributed by atoms with Crippen molar-refractivity contribution in [2.45, 2.75) is 33.2 Å². The summed E-state index contributed by atoms with van der Waals surface area (Å²) in [5.41, 5.74) is 5.31. The van der Waals surface area contributed by atoms with E-state index in [2.05, 4.69) is 11.1 Å². The van der Waals surface area contributed by atoms with Crippen molar-refractivity contribution in [3.63, 3.8) is 0 Å². The van der Waals surface area contributed by atoms with Crippen LogP contribution in [0.5, 0.6) is 0 Å². The molecule has 3 aromatic rings. The third kappa shape index (κ3) is 3.73. The Labute approximate surface area is 170 Å². The number of pyridine rings is 1. The van der Waals surface area contributed by atoms with E-state index in [1.165, 1.54) is 5.56 Å². The normalized spacial score (nSPS) is 13.2. The van der Waals surface area contributed by atoms with E-state index in [0.717, 1.165) is 28.5 Å². The molecule has 1 aliphatic heterocycles. The lowest BCUT2D eigenvalue weighted by Crippen LogP contribution is -2.38. The maximum Gasteiger partial charge on any atom is 0.340 e. The second kappa shape index (κ2) is 8.03. The highest BCUT2D eigenvalue weighted by molar-refractivity contribution is 5.99. The summed E-state index contributed by atoms with van der Waals surface area (Å²) in [6.07, 6.45) is 1.44. The first-order valence-corrected chi connectivity index (χ1v) is 9.98. The Bertz CT molecular complexity index is 1090. The van der Waals surface area contributed by atoms with Crippen molar-refractivity contribution in [2.75, 3.05) is 13.2 Å². The zero-order chi connectivity index (χ0) is 20.4. The van der Waals surface area contributed by atoms with Crippen molar-refractivity contribution in [3.05, 3.63) is 76.5 Å². The minimum absolute atomic E-state index is 0.169. The molecule has 148 valence electrons. The van der Waals surface area contributed by atoms with E-state index >= 15 is 0 Å². The van der Waals surface area contributed by atoms with E-state index in [9.17, 15) is 9.59 Å². The van der Waals surface area contributed by atoms with Gasteiger partial charge in [-0.3, -0.25) is 9.78 Å². The number of benzene rings is 2. The zero-order valence-corrected chi connectivity index (χ0v) is 16.8. The number of para-hydroxylation sites is 1. The Hall–Kier alpha value is -3.21. The number of fused-ring (bicyclic) bond motifs is 2. The van der Waals surface area contributed by atoms with Gasteiger partial charge in [0.15, 0.2) is 6.61 Å². The van der Waals surface area contributed by atoms with Crippen molar-refractivity contribution >= 4 is 22.8 Å². The quantitative estimate of drug-likeness (QED) is 0.637. The maximum absolute atomic E-state index is 12.8. The predicted octanol–water partition coefficient (Wildman–Crippen LogP) is 3.85. The minimum Gasteiger partial charge on any atom is -0.452 e. The van der Waals surface area contributed by atoms with Gasteiger partial charge in [-0.05, 0) is 42.5 Å². The molecule has 0 spiro atoms. The van der Waals surface area contributed by atoms with Gasteiger partial charge in [0, 0.05) is 18.5 Å². The first-order valence-electron chi connectivity index (χ1n) is 9.98. The van der Waals surface area contributed by atoms with Gasteiger partial charge >= 0.3 is 5.97 Å². The number of aromatic nitrogens is 1. The zero-order valence-electron chi connectivity index (χ0n) is 16.8. The van der Waals surface area contributed by atoms with Gasteiger partial charge in [-0.15, -0.1) is 0 Å². The number of hydrogen-bond acceptors (Lipinski definition) is 4. The van der Waals surface area contributed by atoms with Crippen LogP contribution in [0, 0.1) is 6.92 Å². The molecule has 1 aliphatic rings. The third-order valence-electron chi connectivity index (χ3n) is 5.58. The van der Waals surface area contributed by atoms with Crippen LogP contribution in [0.15, 0.2) is 48.5 Å². The molecule has 0 fully saturated rings. The van der Waals surface area contributed by atoms with Crippen molar-refractivity contribution in [3.8, 4) is 0 Å². The molecular weight excluding hydrogens is 364 g/mol. The van der Waals surface area contributed by atoms with Gasteiger partial charge in [0.25, 0.3) is 5.91 Å². The summed E-state index contributed by atoms with van der Waals surface area (Å²) in [5, 5.41) is 0.926. The fourth-order valence-electron chi connectivity index (χ4n) is 3.97. The Kier molecular flexibility index (Phi) is 5.30. The molecule has 0 N–H and O–H groups in total. The van der Waals surface area contributed by atoms with Crippen LogP contribution in [0.1, 0.15) is 39.7 Å². The van der Waals surface area contributed by atoms with E-state index < -0.39 is 5.97 Å². The maximum atomic E-state index is 12.8. The molecule has 0 atom stereocenters. The number of carbonyl (C=O) groups excluding carboxylic acids is 2. The molecule has 0 bridgehead atoms. The highest BCUT2D eigenvalue weighted by Gasteiger charge is 2.24. The molecular formula is C24H24N2O3. The first-order chi connectivity index (χ1) is 14.1. The van der Waals surface area contributed by atoms with Gasteiger partial charge in [0.05, 0.1) is 16.8 Å². The second-order valence-electron chi connectivity index (χ2n) is 7.34. The molecule has 4 rings (SSSR count). The Morgan fingerprint density at radius 3 is 2.59 bits per heavy atom. The van der Waals surface area contributed by atoms with Crippen molar-refractivity contribution in [1.82, 2.24) is 9.88 Å². The van der Waals surface area contributed by atoms with Crippen LogP contribution in [-0.2, 0) is 28.9 Å². The predicted molar refractivity (Wildman–Crippen MR) is 112 cm³/mol. The van der Waals surface area contributed by atoms with Crippen LogP contribution in [0.25, 0.3) is 10.9 Å². The van der Waals surface area contributed by atoms with Gasteiger partial charge in [-0.1, -0.05) is 49.4 Å². The standard InChI is InChI=1S/C24H24N2O3/c1-3-20-23(16(2)19-10-6-7-11-21(19)25-20)24(28)29-15-22(27)26-13-12-17-8-4-5-9-18(17)14-26/h4-11H,3,12-15H2,1-2H3. The molecule has 2 aromatic carbocycles. The van der Waals surface area contributed by atoms with Crippen molar-refractivity contribution < 1.29 is 14.3 Å². The van der Waals surface area contributed by atoms with Gasteiger partial charge in [-0.25, -0.2) is 4.79 Å². The summed E-state index contributed by atoms with van der Waals surface area (Å²) < 4.78 is 5.43. The van der Waals surface area contributed by atoms with E-state index in [1.807, 2.05) is 56.3 Å². The fourth-order valence-corrected chi connectivity index (χ4v) is 3.97. The van der Waals surface area contributed by atoms with Gasteiger partial charge in [0.1, 0.15) is 0 Å². The Morgan fingerprint density at radius 1 is 1.07 bits per heavy atom. The number of hydrogen-bond donors (Lipinski definition) is 0. The fraction of sp³-hybridized carbons (Fsp3) is 0.292. The molecule has 5 nitrogen and oxygen atoms in total. The molecule has 29 heavy (non-hydrogen) atoms. The summed E-state index contributed by atoms with van der Waals surface area (Å²) in [7, 11) is 0. The van der Waals surface area contributed by atoms with Crippen LogP contribution in [0.2, 0.25) is 0 Å². The second-order valence-corrected chi connectivity index (χ2v) is 7.34. The summed E-state index contributed by atoms with van der Waals surface area (Å²) in [5.74, 6) is -0.652. The smallest absolute Gasteiger partial charge is 0.340 e. The largest absolute Gasteiger partial charge is 0.452 e. The van der Waals surface area contributed by atoms with Crippen LogP contribution in [0.3, 0.4) is 0 Å². The SMILES string of the molecule is CCc1nc2ccccc2c(C)c1C(=O)OCC(=O)N1CCc2ccccc2C1. The Balaban J connectivity index is 1.49. The average Bonchev–Trinajstić information content (AvgIpc) is 2.76. The van der Waals surface area contributed by atoms with E-state index in [0.29, 0.717) is 30.8 Å². The molecule has 2 heterocycles. The van der Waals surface area contributed by atoms with Crippen LogP contribution < -0.4 is 0 Å². The summed E-state index contributed by atoms with van der Waals surface area (Å²) in [6, 6.07) is 15.9. The number of ether oxygens (including phenoxy) is 1. The van der Waals surface area contributed by atoms with Gasteiger partial charge in [-0.2, -0.15) is 0 Å². The van der Waals surface area contributed by atoms with Crippen LogP contribution >= 0.6 is 0 Å². The average molecular weight is 388 g/mol. The van der Waals surface area contributed by atoms with Gasteiger partial charge < -0.3 is 9.64 Å². The highest BCUT2D eigenvalue weighted by Crippen LogP contribution is 2.24. The number of carbonyl (C=O) groups is 2. The summed E-state index contributed by atoms with van der Waals surface area (Å²) >= 11 is 0. The lowest BCUT2D eigenvalue weighted by molar-refractivity contribution is -0.135. The topological polar surface area (TPSA) is 59.5 Å². The molecule has 5 heteroatoms. The molecule has 0 saturated carbocycles. The molecule has 0 aliphatic carbocycles. The number of nitrogens with zero attached hydrogens (tertiary/aromatic N) is 2. The number of aryl methyl sites for hydroxylation is 2. The number of rotatable bonds is 4. The van der Waals surface area contributed by atoms with Crippen molar-refractivity contribution in [1.29, 1.82) is 0 Å².